The van der Waals surface area contributed by atoms with Crippen molar-refractivity contribution in [1.29, 1.82) is 0 Å². The lowest BCUT2D eigenvalue weighted by molar-refractivity contribution is -0.0000272. The average molecular weight is 271 g/mol. The van der Waals surface area contributed by atoms with E-state index < -0.39 is 17.4 Å². The van der Waals surface area contributed by atoms with Crippen LogP contribution in [0.25, 0.3) is 0 Å². The van der Waals surface area contributed by atoms with Gasteiger partial charge in [0.05, 0.1) is 5.54 Å². The highest BCUT2D eigenvalue weighted by atomic mass is 16.6. The number of hydrogen-bond donors (Lipinski definition) is 3. The standard InChI is InChI=1S/C12H21N3O4/c1-11(2,3)19-10(18)15-6-4-12(5-7-15)8(16)13-9(17)14-12/h8,16H,4-7H2,1-3H3,(H2,13,14,17). The summed E-state index contributed by atoms with van der Waals surface area (Å²) in [6.07, 6.45) is -0.243. The fourth-order valence-corrected chi connectivity index (χ4v) is 2.41. The lowest BCUT2D eigenvalue weighted by Crippen LogP contribution is -2.57. The molecule has 1 spiro atoms. The first-order valence-electron chi connectivity index (χ1n) is 6.47. The summed E-state index contributed by atoms with van der Waals surface area (Å²) in [5.41, 5.74) is -1.18. The second-order valence-corrected chi connectivity index (χ2v) is 6.12. The van der Waals surface area contributed by atoms with E-state index in [2.05, 4.69) is 10.6 Å². The van der Waals surface area contributed by atoms with Gasteiger partial charge in [-0.1, -0.05) is 0 Å². The number of amides is 3. The summed E-state index contributed by atoms with van der Waals surface area (Å²) >= 11 is 0. The third-order valence-corrected chi connectivity index (χ3v) is 3.46. The summed E-state index contributed by atoms with van der Waals surface area (Å²) < 4.78 is 5.30. The number of aliphatic hydroxyl groups is 1. The molecule has 0 aromatic rings. The molecule has 3 amide bonds. The Hall–Kier alpha value is -1.50. The van der Waals surface area contributed by atoms with Crippen molar-refractivity contribution in [3.63, 3.8) is 0 Å². The molecule has 0 bridgehead atoms. The second-order valence-electron chi connectivity index (χ2n) is 6.12. The van der Waals surface area contributed by atoms with Gasteiger partial charge in [0, 0.05) is 13.1 Å². The van der Waals surface area contributed by atoms with Crippen molar-refractivity contribution in [2.75, 3.05) is 13.1 Å². The minimum Gasteiger partial charge on any atom is -0.444 e. The number of nitrogens with one attached hydrogen (secondary N) is 2. The second kappa shape index (κ2) is 4.56. The number of ether oxygens (including phenoxy) is 1. The van der Waals surface area contributed by atoms with Crippen LogP contribution in [-0.2, 0) is 4.74 Å². The van der Waals surface area contributed by atoms with E-state index >= 15 is 0 Å². The van der Waals surface area contributed by atoms with Crippen LogP contribution in [-0.4, -0.2) is 52.6 Å². The minimum absolute atomic E-state index is 0.353. The predicted molar refractivity (Wildman–Crippen MR) is 67.4 cm³/mol. The molecule has 2 saturated heterocycles. The maximum Gasteiger partial charge on any atom is 0.410 e. The van der Waals surface area contributed by atoms with Crippen molar-refractivity contribution < 1.29 is 19.4 Å². The van der Waals surface area contributed by atoms with Gasteiger partial charge < -0.3 is 25.4 Å². The van der Waals surface area contributed by atoms with Crippen LogP contribution in [0.2, 0.25) is 0 Å². The van der Waals surface area contributed by atoms with Crippen molar-refractivity contribution >= 4 is 12.1 Å². The zero-order valence-electron chi connectivity index (χ0n) is 11.5. The third-order valence-electron chi connectivity index (χ3n) is 3.46. The molecule has 3 N–H and O–H groups in total. The molecule has 7 heteroatoms. The Kier molecular flexibility index (Phi) is 3.34. The Morgan fingerprint density at radius 3 is 2.42 bits per heavy atom. The molecule has 0 radical (unpaired) electrons. The molecule has 0 aromatic heterocycles. The molecule has 2 fully saturated rings. The molecule has 1 unspecified atom stereocenters. The Labute approximate surface area is 112 Å². The normalized spacial score (nSPS) is 26.0. The fourth-order valence-electron chi connectivity index (χ4n) is 2.41. The first kappa shape index (κ1) is 13.9. The zero-order chi connectivity index (χ0) is 14.3. The Morgan fingerprint density at radius 1 is 1.42 bits per heavy atom. The molecule has 2 rings (SSSR count). The van der Waals surface area contributed by atoms with Gasteiger partial charge >= 0.3 is 12.1 Å². The summed E-state index contributed by atoms with van der Waals surface area (Å²) in [5.74, 6) is 0. The van der Waals surface area contributed by atoms with Gasteiger partial charge in [0.25, 0.3) is 0 Å². The highest BCUT2D eigenvalue weighted by Crippen LogP contribution is 2.28. The summed E-state index contributed by atoms with van der Waals surface area (Å²) in [4.78, 5) is 24.7. The fraction of sp³-hybridized carbons (Fsp3) is 0.833. The van der Waals surface area contributed by atoms with E-state index in [1.165, 1.54) is 0 Å². The molecule has 0 aliphatic carbocycles. The number of rotatable bonds is 0. The molecular weight excluding hydrogens is 250 g/mol. The van der Waals surface area contributed by atoms with E-state index in [0.29, 0.717) is 25.9 Å². The zero-order valence-corrected chi connectivity index (χ0v) is 11.5. The van der Waals surface area contributed by atoms with E-state index in [-0.39, 0.29) is 12.1 Å². The van der Waals surface area contributed by atoms with Gasteiger partial charge in [-0.05, 0) is 33.6 Å². The predicted octanol–water partition coefficient (Wildman–Crippen LogP) is 0.387. The topological polar surface area (TPSA) is 90.9 Å². The minimum atomic E-state index is -0.902. The smallest absolute Gasteiger partial charge is 0.410 e. The van der Waals surface area contributed by atoms with Crippen LogP contribution in [0.4, 0.5) is 9.59 Å². The van der Waals surface area contributed by atoms with Gasteiger partial charge in [0.1, 0.15) is 5.60 Å². The van der Waals surface area contributed by atoms with Gasteiger partial charge in [0.2, 0.25) is 0 Å². The Morgan fingerprint density at radius 2 is 2.00 bits per heavy atom. The first-order valence-corrected chi connectivity index (χ1v) is 6.47. The van der Waals surface area contributed by atoms with Crippen LogP contribution in [0, 0.1) is 0 Å². The van der Waals surface area contributed by atoms with Crippen molar-refractivity contribution in [2.24, 2.45) is 0 Å². The van der Waals surface area contributed by atoms with E-state index in [1.807, 2.05) is 20.8 Å². The quantitative estimate of drug-likeness (QED) is 0.594. The average Bonchev–Trinajstić information content (AvgIpc) is 2.52. The largest absolute Gasteiger partial charge is 0.444 e. The molecule has 0 aromatic carbocycles. The van der Waals surface area contributed by atoms with Gasteiger partial charge in [-0.3, -0.25) is 0 Å². The molecule has 2 heterocycles. The highest BCUT2D eigenvalue weighted by Gasteiger charge is 2.48. The lowest BCUT2D eigenvalue weighted by Gasteiger charge is -2.40. The number of urea groups is 1. The summed E-state index contributed by atoms with van der Waals surface area (Å²) in [6.45, 7) is 6.37. The van der Waals surface area contributed by atoms with Gasteiger partial charge in [-0.2, -0.15) is 0 Å². The van der Waals surface area contributed by atoms with Crippen LogP contribution in [0.15, 0.2) is 0 Å². The third kappa shape index (κ3) is 2.91. The molecule has 0 saturated carbocycles. The molecule has 19 heavy (non-hydrogen) atoms. The van der Waals surface area contributed by atoms with Crippen molar-refractivity contribution in [3.8, 4) is 0 Å². The number of hydrogen-bond acceptors (Lipinski definition) is 4. The van der Waals surface area contributed by atoms with Crippen LogP contribution >= 0.6 is 0 Å². The van der Waals surface area contributed by atoms with Crippen LogP contribution in [0.3, 0.4) is 0 Å². The van der Waals surface area contributed by atoms with Crippen LogP contribution in [0.1, 0.15) is 33.6 Å². The summed E-state index contributed by atoms with van der Waals surface area (Å²) in [7, 11) is 0. The maximum absolute atomic E-state index is 11.9. The van der Waals surface area contributed by atoms with Crippen molar-refractivity contribution in [3.05, 3.63) is 0 Å². The Balaban J connectivity index is 1.92. The van der Waals surface area contributed by atoms with Crippen LogP contribution < -0.4 is 10.6 Å². The first-order chi connectivity index (χ1) is 8.72. The number of carbonyl (C=O) groups is 2. The molecule has 1 atom stereocenters. The van der Waals surface area contributed by atoms with E-state index in [9.17, 15) is 14.7 Å². The van der Waals surface area contributed by atoms with E-state index in [1.54, 1.807) is 4.90 Å². The monoisotopic (exact) mass is 271 g/mol. The van der Waals surface area contributed by atoms with Gasteiger partial charge in [-0.15, -0.1) is 0 Å². The van der Waals surface area contributed by atoms with Crippen molar-refractivity contribution in [1.82, 2.24) is 15.5 Å². The van der Waals surface area contributed by atoms with E-state index in [4.69, 9.17) is 4.74 Å². The number of piperidine rings is 1. The van der Waals surface area contributed by atoms with Gasteiger partial charge in [0.15, 0.2) is 6.23 Å². The highest BCUT2D eigenvalue weighted by molar-refractivity contribution is 5.78. The molecular formula is C12H21N3O4. The summed E-state index contributed by atoms with van der Waals surface area (Å²) in [6, 6.07) is -0.363. The number of carbonyl (C=O) groups excluding carboxylic acids is 2. The number of nitrogens with zero attached hydrogens (tertiary/aromatic N) is 1. The number of likely N-dealkylation sites (tertiary alicyclic amines) is 1. The SMILES string of the molecule is CC(C)(C)OC(=O)N1CCC2(CC1)NC(=O)NC2O. The molecule has 2 aliphatic heterocycles. The molecule has 108 valence electrons. The van der Waals surface area contributed by atoms with Crippen LogP contribution in [0.5, 0.6) is 0 Å². The Bertz CT molecular complexity index is 383. The molecule has 7 nitrogen and oxygen atoms in total. The van der Waals surface area contributed by atoms with E-state index in [0.717, 1.165) is 0 Å². The number of aliphatic hydroxyl groups excluding tert-OH is 1. The maximum atomic E-state index is 11.9. The lowest BCUT2D eigenvalue weighted by atomic mass is 9.87. The van der Waals surface area contributed by atoms with Crippen molar-refractivity contribution in [2.45, 2.75) is 51.0 Å². The van der Waals surface area contributed by atoms with Gasteiger partial charge in [-0.25, -0.2) is 9.59 Å². The summed E-state index contributed by atoms with van der Waals surface area (Å²) in [5, 5.41) is 15.0. The molecule has 2 aliphatic rings.